The van der Waals surface area contributed by atoms with E-state index >= 15 is 0 Å². The van der Waals surface area contributed by atoms with Gasteiger partial charge in [-0.2, -0.15) is 0 Å². The molecule has 7 nitrogen and oxygen atoms in total. The quantitative estimate of drug-likeness (QED) is 0.674. The average Bonchev–Trinajstić information content (AvgIpc) is 2.72. The highest BCUT2D eigenvalue weighted by atomic mass is 35.5. The van der Waals surface area contributed by atoms with Gasteiger partial charge < -0.3 is 24.8 Å². The van der Waals surface area contributed by atoms with Gasteiger partial charge in [0.15, 0.2) is 11.5 Å². The number of carbonyl (C=O) groups excluding carboxylic acids is 2. The van der Waals surface area contributed by atoms with E-state index < -0.39 is 23.9 Å². The van der Waals surface area contributed by atoms with E-state index in [1.807, 2.05) is 0 Å². The number of amides is 2. The molecule has 2 aromatic carbocycles. The maximum absolute atomic E-state index is 14.2. The minimum atomic E-state index is -0.868. The molecule has 0 bridgehead atoms. The van der Waals surface area contributed by atoms with Crippen LogP contribution >= 0.6 is 11.6 Å². The van der Waals surface area contributed by atoms with Gasteiger partial charge in [-0.25, -0.2) is 14.0 Å². The van der Waals surface area contributed by atoms with Crippen LogP contribution in [0.2, 0.25) is 5.02 Å². The van der Waals surface area contributed by atoms with Gasteiger partial charge in [0.2, 0.25) is 0 Å². The third kappa shape index (κ3) is 4.18. The first-order valence-electron chi connectivity index (χ1n) is 8.96. The van der Waals surface area contributed by atoms with Crippen LogP contribution in [0, 0.1) is 5.82 Å². The van der Waals surface area contributed by atoms with Crippen molar-refractivity contribution >= 4 is 23.6 Å². The first-order valence-corrected chi connectivity index (χ1v) is 9.34. The van der Waals surface area contributed by atoms with E-state index in [1.165, 1.54) is 26.4 Å². The third-order valence-corrected chi connectivity index (χ3v) is 4.99. The zero-order valence-electron chi connectivity index (χ0n) is 16.5. The highest BCUT2D eigenvalue weighted by Crippen LogP contribution is 2.40. The fourth-order valence-corrected chi connectivity index (χ4v) is 3.42. The number of urea groups is 1. The maximum atomic E-state index is 14.2. The van der Waals surface area contributed by atoms with Crippen molar-refractivity contribution in [3.8, 4) is 11.5 Å². The molecule has 0 radical (unpaired) electrons. The maximum Gasteiger partial charge on any atom is 0.337 e. The summed E-state index contributed by atoms with van der Waals surface area (Å²) in [7, 11) is 2.70. The summed E-state index contributed by atoms with van der Waals surface area (Å²) in [6, 6.07) is 7.99. The summed E-state index contributed by atoms with van der Waals surface area (Å²) >= 11 is 6.09. The number of allylic oxidation sites excluding steroid dienone is 1. The van der Waals surface area contributed by atoms with Crippen molar-refractivity contribution in [3.63, 3.8) is 0 Å². The topological polar surface area (TPSA) is 85.9 Å². The second-order valence-corrected chi connectivity index (χ2v) is 6.84. The number of hydrogen-bond acceptors (Lipinski definition) is 5. The number of para-hydroxylation sites is 1. The van der Waals surface area contributed by atoms with Crippen LogP contribution in [0.15, 0.2) is 47.7 Å². The van der Waals surface area contributed by atoms with Gasteiger partial charge in [-0.3, -0.25) is 0 Å². The molecule has 1 aliphatic rings. The Balaban J connectivity index is 2.06. The van der Waals surface area contributed by atoms with Crippen LogP contribution in [0.1, 0.15) is 24.1 Å². The zero-order valence-corrected chi connectivity index (χ0v) is 17.3. The monoisotopic (exact) mass is 434 g/mol. The first-order chi connectivity index (χ1) is 14.4. The summed E-state index contributed by atoms with van der Waals surface area (Å²) in [6.45, 7) is 1.41. The van der Waals surface area contributed by atoms with Gasteiger partial charge in [0.25, 0.3) is 0 Å². The molecule has 1 atom stereocenters. The lowest BCUT2D eigenvalue weighted by atomic mass is 9.94. The molecule has 9 heteroatoms. The predicted octanol–water partition coefficient (Wildman–Crippen LogP) is 3.87. The van der Waals surface area contributed by atoms with Crippen LogP contribution in [-0.4, -0.2) is 26.2 Å². The van der Waals surface area contributed by atoms with Crippen molar-refractivity contribution in [1.82, 2.24) is 10.6 Å². The summed E-state index contributed by atoms with van der Waals surface area (Å²) in [6.07, 6.45) is 0. The molecule has 2 N–H and O–H groups in total. The second-order valence-electron chi connectivity index (χ2n) is 6.43. The molecule has 0 spiro atoms. The fourth-order valence-electron chi connectivity index (χ4n) is 3.20. The molecular weight excluding hydrogens is 415 g/mol. The molecule has 1 aliphatic heterocycles. The summed E-state index contributed by atoms with van der Waals surface area (Å²) in [5.74, 6) is -0.550. The van der Waals surface area contributed by atoms with Crippen LogP contribution < -0.4 is 20.1 Å². The van der Waals surface area contributed by atoms with Gasteiger partial charge in [0, 0.05) is 16.8 Å². The number of methoxy groups -OCH3 is 2. The number of nitrogens with one attached hydrogen (secondary N) is 2. The highest BCUT2D eigenvalue weighted by Gasteiger charge is 2.34. The van der Waals surface area contributed by atoms with Crippen molar-refractivity contribution < 1.29 is 28.2 Å². The smallest absolute Gasteiger partial charge is 0.337 e. The molecule has 158 valence electrons. The minimum absolute atomic E-state index is 0.172. The predicted molar refractivity (Wildman–Crippen MR) is 108 cm³/mol. The van der Waals surface area contributed by atoms with Gasteiger partial charge >= 0.3 is 12.0 Å². The Bertz CT molecular complexity index is 1000. The number of carbonyl (C=O) groups is 2. The number of hydrogen-bond donors (Lipinski definition) is 2. The van der Waals surface area contributed by atoms with E-state index in [1.54, 1.807) is 31.2 Å². The van der Waals surface area contributed by atoms with E-state index in [0.29, 0.717) is 17.0 Å². The SMILES string of the molecule is COC(=O)C1=C(C)NC(=O)NC1c1cccc(OC)c1OCc1c(F)cccc1Cl. The standard InChI is InChI=1S/C21H20ClFN2O5/c1-11-17(20(26)29-3)18(25-21(27)24-11)12-6-4-9-16(28-2)19(12)30-10-13-14(22)7-5-8-15(13)23/h4-9,18H,10H2,1-3H3,(H2,24,25,27). The van der Waals surface area contributed by atoms with E-state index in [9.17, 15) is 14.0 Å². The van der Waals surface area contributed by atoms with Crippen LogP contribution in [-0.2, 0) is 16.1 Å². The third-order valence-electron chi connectivity index (χ3n) is 4.64. The lowest BCUT2D eigenvalue weighted by molar-refractivity contribution is -0.136. The summed E-state index contributed by atoms with van der Waals surface area (Å²) in [5, 5.41) is 5.47. The Hall–Kier alpha value is -3.26. The van der Waals surface area contributed by atoms with Crippen molar-refractivity contribution in [2.45, 2.75) is 19.6 Å². The molecule has 0 aromatic heterocycles. The van der Waals surface area contributed by atoms with Gasteiger partial charge in [-0.05, 0) is 25.1 Å². The fraction of sp³-hybridized carbons (Fsp3) is 0.238. The molecule has 1 heterocycles. The van der Waals surface area contributed by atoms with Crippen molar-refractivity contribution in [3.05, 3.63) is 69.6 Å². The number of benzene rings is 2. The van der Waals surface area contributed by atoms with Crippen LogP contribution in [0.5, 0.6) is 11.5 Å². The number of esters is 1. The van der Waals surface area contributed by atoms with Gasteiger partial charge in [-0.1, -0.05) is 29.8 Å². The van der Waals surface area contributed by atoms with Crippen LogP contribution in [0.3, 0.4) is 0 Å². The van der Waals surface area contributed by atoms with E-state index in [0.717, 1.165) is 0 Å². The Morgan fingerprint density at radius 2 is 1.93 bits per heavy atom. The molecule has 1 unspecified atom stereocenters. The lowest BCUT2D eigenvalue weighted by Crippen LogP contribution is -2.45. The summed E-state index contributed by atoms with van der Waals surface area (Å²) in [5.41, 5.74) is 1.17. The minimum Gasteiger partial charge on any atom is -0.493 e. The van der Waals surface area contributed by atoms with Gasteiger partial charge in [0.1, 0.15) is 12.4 Å². The first kappa shape index (κ1) is 21.4. The van der Waals surface area contributed by atoms with Crippen LogP contribution in [0.4, 0.5) is 9.18 Å². The average molecular weight is 435 g/mol. The van der Waals surface area contributed by atoms with Crippen molar-refractivity contribution in [2.24, 2.45) is 0 Å². The molecule has 2 amide bonds. The molecule has 0 aliphatic carbocycles. The van der Waals surface area contributed by atoms with Gasteiger partial charge in [-0.15, -0.1) is 0 Å². The van der Waals surface area contributed by atoms with E-state index in [-0.39, 0.29) is 28.5 Å². The van der Waals surface area contributed by atoms with Gasteiger partial charge in [0.05, 0.1) is 30.9 Å². The normalized spacial score (nSPS) is 15.9. The molecule has 3 rings (SSSR count). The van der Waals surface area contributed by atoms with E-state index in [2.05, 4.69) is 10.6 Å². The Morgan fingerprint density at radius 1 is 1.20 bits per heavy atom. The highest BCUT2D eigenvalue weighted by molar-refractivity contribution is 6.31. The molecule has 0 saturated carbocycles. The Morgan fingerprint density at radius 3 is 2.60 bits per heavy atom. The molecule has 0 fully saturated rings. The van der Waals surface area contributed by atoms with Crippen molar-refractivity contribution in [1.29, 1.82) is 0 Å². The largest absolute Gasteiger partial charge is 0.493 e. The lowest BCUT2D eigenvalue weighted by Gasteiger charge is -2.29. The number of halogens is 2. The van der Waals surface area contributed by atoms with Crippen LogP contribution in [0.25, 0.3) is 0 Å². The molecule has 30 heavy (non-hydrogen) atoms. The molecule has 0 saturated heterocycles. The summed E-state index contributed by atoms with van der Waals surface area (Å²) in [4.78, 5) is 24.5. The molecular formula is C21H20ClFN2O5. The number of ether oxygens (including phenoxy) is 3. The Labute approximate surface area is 177 Å². The number of rotatable bonds is 6. The van der Waals surface area contributed by atoms with E-state index in [4.69, 9.17) is 25.8 Å². The Kier molecular flexibility index (Phi) is 6.47. The van der Waals surface area contributed by atoms with Crippen molar-refractivity contribution in [2.75, 3.05) is 14.2 Å². The summed E-state index contributed by atoms with van der Waals surface area (Å²) < 4.78 is 30.3. The second kappa shape index (κ2) is 9.04. The molecule has 2 aromatic rings. The zero-order chi connectivity index (χ0) is 21.8.